The maximum atomic E-state index is 12.9. The van der Waals surface area contributed by atoms with Crippen LogP contribution in [0.2, 0.25) is 0 Å². The lowest BCUT2D eigenvalue weighted by atomic mass is 10.0. The van der Waals surface area contributed by atoms with Crippen molar-refractivity contribution in [2.45, 2.75) is 26.8 Å². The van der Waals surface area contributed by atoms with E-state index in [0.29, 0.717) is 24.0 Å². The number of aromatic nitrogens is 4. The van der Waals surface area contributed by atoms with E-state index in [-0.39, 0.29) is 16.7 Å². The highest BCUT2D eigenvalue weighted by molar-refractivity contribution is 5.81. The van der Waals surface area contributed by atoms with Crippen LogP contribution in [0.3, 0.4) is 0 Å². The molecule has 2 atom stereocenters. The maximum Gasteiger partial charge on any atom is 0.250 e. The number of pyridine rings is 2. The van der Waals surface area contributed by atoms with Gasteiger partial charge in [0.25, 0.3) is 5.56 Å². The zero-order chi connectivity index (χ0) is 27.6. The molecule has 0 amide bonds. The lowest BCUT2D eigenvalue weighted by Crippen LogP contribution is -3.04. The van der Waals surface area contributed by atoms with E-state index in [9.17, 15) is 10.0 Å². The Morgan fingerprint density at radius 2 is 1.76 bits per heavy atom. The first-order chi connectivity index (χ1) is 18.1. The molecule has 0 aliphatic carbocycles. The number of nitrogens with zero attached hydrogens (tertiary/aromatic N) is 5. The monoisotopic (exact) mass is 511 g/mol. The summed E-state index contributed by atoms with van der Waals surface area (Å²) in [5.74, 6) is 7.42. The van der Waals surface area contributed by atoms with E-state index >= 15 is 0 Å². The maximum absolute atomic E-state index is 12.9. The van der Waals surface area contributed by atoms with Crippen LogP contribution in [-0.2, 0) is 7.05 Å². The van der Waals surface area contributed by atoms with Crippen LogP contribution in [0.25, 0.3) is 22.0 Å². The minimum atomic E-state index is -0.0625. The number of fused-ring (bicyclic) bond motifs is 1. The lowest BCUT2D eigenvalue weighted by molar-refractivity contribution is -0.780. The van der Waals surface area contributed by atoms with E-state index in [1.807, 2.05) is 71.1 Å². The summed E-state index contributed by atoms with van der Waals surface area (Å²) in [4.78, 5) is 27.9. The molecule has 0 saturated heterocycles. The number of aryl methyl sites for hydroxylation is 3. The number of rotatable bonds is 6. The zero-order valence-corrected chi connectivity index (χ0v) is 22.9. The van der Waals surface area contributed by atoms with Crippen LogP contribution >= 0.6 is 0 Å². The van der Waals surface area contributed by atoms with Crippen molar-refractivity contribution in [1.29, 1.82) is 0 Å². The molecule has 0 spiro atoms. The van der Waals surface area contributed by atoms with Crippen molar-refractivity contribution in [1.82, 2.24) is 24.8 Å². The van der Waals surface area contributed by atoms with Crippen LogP contribution in [0.4, 0.5) is 11.8 Å². The SMILES string of the molecule is CNC(C)C[NH+]([O-])c1ccc(-c2c(C)nc(N(C)C)nc2C)c(C#Cc2ccc3c(ccc(=O)n3C)c2)n1. The minimum Gasteiger partial charge on any atom is -0.628 e. The molecule has 4 rings (SSSR count). The van der Waals surface area contributed by atoms with Gasteiger partial charge in [0, 0.05) is 50.0 Å². The van der Waals surface area contributed by atoms with E-state index in [4.69, 9.17) is 4.98 Å². The van der Waals surface area contributed by atoms with Gasteiger partial charge in [-0.1, -0.05) is 5.92 Å². The van der Waals surface area contributed by atoms with E-state index in [1.165, 1.54) is 0 Å². The first-order valence-electron chi connectivity index (χ1n) is 12.4. The number of hydrogen-bond donors (Lipinski definition) is 2. The Morgan fingerprint density at radius 1 is 1.05 bits per heavy atom. The molecule has 3 heterocycles. The van der Waals surface area contributed by atoms with Gasteiger partial charge in [-0.2, -0.15) is 4.98 Å². The number of hydroxylamine groups is 1. The van der Waals surface area contributed by atoms with Gasteiger partial charge in [0.1, 0.15) is 5.69 Å². The van der Waals surface area contributed by atoms with Crippen molar-refractivity contribution in [2.75, 3.05) is 32.6 Å². The molecule has 0 radical (unpaired) electrons. The number of nitrogens with one attached hydrogen (secondary N) is 2. The summed E-state index contributed by atoms with van der Waals surface area (Å²) in [5, 5.41) is 16.9. The molecule has 4 aromatic rings. The molecule has 0 saturated carbocycles. The summed E-state index contributed by atoms with van der Waals surface area (Å²) < 4.78 is 1.61. The molecule has 1 aromatic carbocycles. The lowest BCUT2D eigenvalue weighted by Gasteiger charge is -2.24. The van der Waals surface area contributed by atoms with Gasteiger partial charge in [0.15, 0.2) is 0 Å². The molecule has 9 heteroatoms. The molecule has 9 nitrogen and oxygen atoms in total. The fourth-order valence-electron chi connectivity index (χ4n) is 4.28. The number of benzene rings is 1. The highest BCUT2D eigenvalue weighted by atomic mass is 16.5. The molecule has 196 valence electrons. The van der Waals surface area contributed by atoms with Gasteiger partial charge in [-0.15, -0.1) is 0 Å². The Kier molecular flexibility index (Phi) is 7.88. The first kappa shape index (κ1) is 26.9. The van der Waals surface area contributed by atoms with Gasteiger partial charge in [0.05, 0.1) is 29.5 Å². The third kappa shape index (κ3) is 5.58. The third-order valence-electron chi connectivity index (χ3n) is 6.54. The molecule has 3 aromatic heterocycles. The second kappa shape index (κ2) is 11.1. The molecule has 0 aliphatic heterocycles. The number of anilines is 1. The highest BCUT2D eigenvalue weighted by Gasteiger charge is 2.18. The summed E-state index contributed by atoms with van der Waals surface area (Å²) in [6, 6.07) is 12.7. The molecule has 2 N–H and O–H groups in total. The van der Waals surface area contributed by atoms with Crippen molar-refractivity contribution in [3.05, 3.63) is 80.7 Å². The van der Waals surface area contributed by atoms with Crippen molar-refractivity contribution in [2.24, 2.45) is 7.05 Å². The van der Waals surface area contributed by atoms with Gasteiger partial charge in [0.2, 0.25) is 11.8 Å². The van der Waals surface area contributed by atoms with Crippen LogP contribution in [0.5, 0.6) is 0 Å². The fourth-order valence-corrected chi connectivity index (χ4v) is 4.28. The predicted molar refractivity (Wildman–Crippen MR) is 152 cm³/mol. The predicted octanol–water partition coefficient (Wildman–Crippen LogP) is 2.10. The molecular weight excluding hydrogens is 478 g/mol. The van der Waals surface area contributed by atoms with Crippen molar-refractivity contribution >= 4 is 22.7 Å². The van der Waals surface area contributed by atoms with Gasteiger partial charge in [-0.25, -0.2) is 9.97 Å². The van der Waals surface area contributed by atoms with Gasteiger partial charge in [-0.3, -0.25) is 4.79 Å². The van der Waals surface area contributed by atoms with E-state index in [1.54, 1.807) is 29.8 Å². The Hall–Kier alpha value is -4.10. The largest absolute Gasteiger partial charge is 0.628 e. The molecule has 0 fully saturated rings. The second-order valence-corrected chi connectivity index (χ2v) is 9.63. The Balaban J connectivity index is 1.84. The average molecular weight is 512 g/mol. The summed E-state index contributed by atoms with van der Waals surface area (Å²) >= 11 is 0. The van der Waals surface area contributed by atoms with Crippen LogP contribution in [0.1, 0.15) is 29.6 Å². The van der Waals surface area contributed by atoms with Crippen LogP contribution in [0, 0.1) is 30.9 Å². The molecule has 38 heavy (non-hydrogen) atoms. The molecule has 0 bridgehead atoms. The van der Waals surface area contributed by atoms with Crippen molar-refractivity contribution in [3.63, 3.8) is 0 Å². The summed E-state index contributed by atoms with van der Waals surface area (Å²) in [5.41, 5.74) is 5.27. The Morgan fingerprint density at radius 3 is 2.42 bits per heavy atom. The van der Waals surface area contributed by atoms with Crippen LogP contribution < -0.4 is 20.8 Å². The Labute approximate surface area is 222 Å². The number of quaternary nitrogens is 1. The first-order valence-corrected chi connectivity index (χ1v) is 12.4. The average Bonchev–Trinajstić information content (AvgIpc) is 2.89. The zero-order valence-electron chi connectivity index (χ0n) is 22.9. The van der Waals surface area contributed by atoms with Gasteiger partial charge >= 0.3 is 0 Å². The standard InChI is InChI=1S/C29H33N7O2/c1-18(30-4)17-36(38)26-14-11-23(28-19(2)31-29(34(5)6)32-20(28)3)24(33-26)12-8-21-9-13-25-22(16-21)10-15-27(37)35(25)7/h9-11,13-16,18,30,36H,17H2,1-7H3. The normalized spacial score (nSPS) is 12.6. The van der Waals surface area contributed by atoms with Crippen LogP contribution in [-0.4, -0.2) is 53.2 Å². The minimum absolute atomic E-state index is 0.0311. The summed E-state index contributed by atoms with van der Waals surface area (Å²) in [7, 11) is 7.38. The van der Waals surface area contributed by atoms with E-state index < -0.39 is 0 Å². The van der Waals surface area contributed by atoms with Gasteiger partial charge < -0.3 is 25.1 Å². The number of likely N-dealkylation sites (N-methyl/N-ethyl adjacent to an activating group) is 1. The third-order valence-corrected chi connectivity index (χ3v) is 6.54. The Bertz CT molecular complexity index is 1590. The van der Waals surface area contributed by atoms with Gasteiger partial charge in [-0.05, 0) is 69.5 Å². The topological polar surface area (TPSA) is 103 Å². The summed E-state index contributed by atoms with van der Waals surface area (Å²) in [6.45, 7) is 6.17. The summed E-state index contributed by atoms with van der Waals surface area (Å²) in [6.07, 6.45) is 0. The quantitative estimate of drug-likeness (QED) is 0.302. The molecule has 0 aliphatic rings. The number of hydrogen-bond acceptors (Lipinski definition) is 7. The van der Waals surface area contributed by atoms with Crippen molar-refractivity contribution in [3.8, 4) is 23.0 Å². The molecular formula is C29H33N7O2. The second-order valence-electron chi connectivity index (χ2n) is 9.63. The fraction of sp³-hybridized carbons (Fsp3) is 0.310. The molecule has 2 unspecified atom stereocenters. The van der Waals surface area contributed by atoms with Crippen molar-refractivity contribution < 1.29 is 5.06 Å². The highest BCUT2D eigenvalue weighted by Crippen LogP contribution is 2.29. The van der Waals surface area contributed by atoms with E-state index in [2.05, 4.69) is 27.1 Å². The van der Waals surface area contributed by atoms with Crippen LogP contribution in [0.15, 0.2) is 47.3 Å². The van der Waals surface area contributed by atoms with E-state index in [0.717, 1.165) is 39.0 Å². The smallest absolute Gasteiger partial charge is 0.250 e.